The third kappa shape index (κ3) is 2.92. The molecular formula is C10H12BrNO3. The molecule has 1 aromatic heterocycles. The van der Waals surface area contributed by atoms with E-state index in [2.05, 4.69) is 20.9 Å². The van der Waals surface area contributed by atoms with Gasteiger partial charge < -0.3 is 9.84 Å². The lowest BCUT2D eigenvalue weighted by atomic mass is 10.2. The Kier molecular flexibility index (Phi) is 4.08. The Balaban J connectivity index is 3.14. The van der Waals surface area contributed by atoms with Crippen molar-refractivity contribution in [3.63, 3.8) is 0 Å². The predicted octanol–water partition coefficient (Wildman–Crippen LogP) is 2.64. The second-order valence-corrected chi connectivity index (χ2v) is 3.83. The first-order valence-corrected chi connectivity index (χ1v) is 5.38. The molecule has 0 saturated carbocycles. The monoisotopic (exact) mass is 273 g/mol. The number of hydrogen-bond donors (Lipinski definition) is 1. The molecule has 1 rings (SSSR count). The quantitative estimate of drug-likeness (QED) is 0.857. The van der Waals surface area contributed by atoms with Crippen LogP contribution in [0.25, 0.3) is 0 Å². The summed E-state index contributed by atoms with van der Waals surface area (Å²) in [5, 5.41) is 8.99. The smallest absolute Gasteiger partial charge is 0.342 e. The van der Waals surface area contributed by atoms with E-state index in [9.17, 15) is 4.79 Å². The summed E-state index contributed by atoms with van der Waals surface area (Å²) in [5.41, 5.74) is 0.798. The van der Waals surface area contributed by atoms with Gasteiger partial charge in [0, 0.05) is 11.8 Å². The number of carboxylic acid groups (broad SMARTS) is 1. The Hall–Kier alpha value is -1.10. The van der Waals surface area contributed by atoms with Crippen molar-refractivity contribution in [3.8, 4) is 5.75 Å². The molecule has 4 nitrogen and oxygen atoms in total. The zero-order chi connectivity index (χ0) is 11.4. The maximum atomic E-state index is 11.0. The maximum Gasteiger partial charge on any atom is 0.342 e. The number of hydrogen-bond acceptors (Lipinski definition) is 3. The zero-order valence-corrected chi connectivity index (χ0v) is 10.2. The van der Waals surface area contributed by atoms with E-state index < -0.39 is 5.97 Å². The fourth-order valence-corrected chi connectivity index (χ4v) is 1.77. The first-order chi connectivity index (χ1) is 7.06. The van der Waals surface area contributed by atoms with Crippen LogP contribution in [0.15, 0.2) is 10.7 Å². The molecule has 0 aliphatic rings. The van der Waals surface area contributed by atoms with Crippen LogP contribution in [-0.2, 0) is 0 Å². The van der Waals surface area contributed by atoms with Gasteiger partial charge in [0.2, 0.25) is 0 Å². The van der Waals surface area contributed by atoms with Crippen molar-refractivity contribution in [1.82, 2.24) is 4.98 Å². The number of halogens is 1. The number of aryl methyl sites for hydroxylation is 1. The molecule has 1 N–H and O–H groups in total. The molecule has 0 aromatic carbocycles. The summed E-state index contributed by atoms with van der Waals surface area (Å²) >= 11 is 3.12. The molecule has 0 radical (unpaired) electrons. The lowest BCUT2D eigenvalue weighted by Gasteiger charge is -2.09. The largest absolute Gasteiger partial charge is 0.493 e. The van der Waals surface area contributed by atoms with Gasteiger partial charge in [0.25, 0.3) is 0 Å². The number of ether oxygens (including phenoxy) is 1. The highest BCUT2D eigenvalue weighted by Gasteiger charge is 2.17. The summed E-state index contributed by atoms with van der Waals surface area (Å²) in [6.45, 7) is 4.24. The normalized spacial score (nSPS) is 10.1. The van der Waals surface area contributed by atoms with Crippen molar-refractivity contribution < 1.29 is 14.6 Å². The van der Waals surface area contributed by atoms with Gasteiger partial charge >= 0.3 is 5.97 Å². The molecule has 0 fully saturated rings. The topological polar surface area (TPSA) is 59.4 Å². The Labute approximate surface area is 96.4 Å². The fourth-order valence-electron chi connectivity index (χ4n) is 1.13. The summed E-state index contributed by atoms with van der Waals surface area (Å²) in [7, 11) is 0. The Bertz CT molecular complexity index is 379. The van der Waals surface area contributed by atoms with E-state index in [4.69, 9.17) is 9.84 Å². The molecule has 0 amide bonds. The Morgan fingerprint density at radius 2 is 2.33 bits per heavy atom. The van der Waals surface area contributed by atoms with Crippen LogP contribution < -0.4 is 4.74 Å². The van der Waals surface area contributed by atoms with Crippen LogP contribution in [0.2, 0.25) is 0 Å². The molecule has 0 unspecified atom stereocenters. The minimum Gasteiger partial charge on any atom is -0.493 e. The number of aromatic nitrogens is 1. The summed E-state index contributed by atoms with van der Waals surface area (Å²) in [6.07, 6.45) is 0.831. The summed E-state index contributed by atoms with van der Waals surface area (Å²) < 4.78 is 5.67. The molecule has 15 heavy (non-hydrogen) atoms. The highest BCUT2D eigenvalue weighted by atomic mass is 79.9. The third-order valence-corrected chi connectivity index (χ3v) is 2.32. The molecule has 0 saturated heterocycles. The number of aromatic carboxylic acids is 1. The minimum atomic E-state index is -1.04. The van der Waals surface area contributed by atoms with Gasteiger partial charge in [-0.05, 0) is 29.3 Å². The Morgan fingerprint density at radius 1 is 1.67 bits per heavy atom. The van der Waals surface area contributed by atoms with Gasteiger partial charge in [0.05, 0.1) is 6.61 Å². The standard InChI is InChI=1S/C10H12BrNO3/c1-3-4-15-7-5-6(2)12-9(11)8(7)10(13)14/h5H,3-4H2,1-2H3,(H,13,14). The molecule has 0 spiro atoms. The van der Waals surface area contributed by atoms with Gasteiger partial charge in [0.1, 0.15) is 15.9 Å². The summed E-state index contributed by atoms with van der Waals surface area (Å²) in [6, 6.07) is 1.63. The number of rotatable bonds is 4. The van der Waals surface area contributed by atoms with Crippen molar-refractivity contribution in [3.05, 3.63) is 21.9 Å². The molecule has 5 heteroatoms. The molecule has 0 atom stereocenters. The number of pyridine rings is 1. The van der Waals surface area contributed by atoms with Crippen LogP contribution in [0.1, 0.15) is 29.4 Å². The molecule has 1 heterocycles. The van der Waals surface area contributed by atoms with Crippen molar-refractivity contribution in [2.45, 2.75) is 20.3 Å². The van der Waals surface area contributed by atoms with E-state index in [0.29, 0.717) is 17.0 Å². The lowest BCUT2D eigenvalue weighted by molar-refractivity contribution is 0.0690. The van der Waals surface area contributed by atoms with Crippen LogP contribution in [0.4, 0.5) is 0 Å². The fraction of sp³-hybridized carbons (Fsp3) is 0.400. The molecule has 0 aliphatic carbocycles. The van der Waals surface area contributed by atoms with E-state index in [-0.39, 0.29) is 5.56 Å². The van der Waals surface area contributed by atoms with Crippen molar-refractivity contribution >= 4 is 21.9 Å². The van der Waals surface area contributed by atoms with Crippen LogP contribution in [0.5, 0.6) is 5.75 Å². The average Bonchev–Trinajstić information content (AvgIpc) is 2.12. The van der Waals surface area contributed by atoms with E-state index in [1.165, 1.54) is 0 Å². The molecule has 0 aliphatic heterocycles. The van der Waals surface area contributed by atoms with Gasteiger partial charge in [-0.1, -0.05) is 6.92 Å². The zero-order valence-electron chi connectivity index (χ0n) is 8.58. The number of carbonyl (C=O) groups is 1. The SMILES string of the molecule is CCCOc1cc(C)nc(Br)c1C(=O)O. The van der Waals surface area contributed by atoms with Crippen LogP contribution in [-0.4, -0.2) is 22.7 Å². The van der Waals surface area contributed by atoms with Crippen molar-refractivity contribution in [1.29, 1.82) is 0 Å². The van der Waals surface area contributed by atoms with Crippen LogP contribution in [0, 0.1) is 6.92 Å². The predicted molar refractivity (Wildman–Crippen MR) is 59.4 cm³/mol. The first-order valence-electron chi connectivity index (χ1n) is 4.59. The van der Waals surface area contributed by atoms with Crippen molar-refractivity contribution in [2.24, 2.45) is 0 Å². The van der Waals surface area contributed by atoms with E-state index >= 15 is 0 Å². The van der Waals surface area contributed by atoms with E-state index in [1.54, 1.807) is 13.0 Å². The average molecular weight is 274 g/mol. The highest BCUT2D eigenvalue weighted by Crippen LogP contribution is 2.26. The molecule has 1 aromatic rings. The number of carboxylic acids is 1. The lowest BCUT2D eigenvalue weighted by Crippen LogP contribution is -2.06. The minimum absolute atomic E-state index is 0.0778. The van der Waals surface area contributed by atoms with E-state index in [1.807, 2.05) is 6.92 Å². The van der Waals surface area contributed by atoms with Gasteiger partial charge in [0.15, 0.2) is 0 Å². The highest BCUT2D eigenvalue weighted by molar-refractivity contribution is 9.10. The summed E-state index contributed by atoms with van der Waals surface area (Å²) in [5.74, 6) is -0.677. The van der Waals surface area contributed by atoms with Crippen LogP contribution >= 0.6 is 15.9 Å². The third-order valence-electron chi connectivity index (χ3n) is 1.74. The van der Waals surface area contributed by atoms with Gasteiger partial charge in [-0.3, -0.25) is 0 Å². The van der Waals surface area contributed by atoms with Gasteiger partial charge in [-0.15, -0.1) is 0 Å². The first kappa shape index (κ1) is 12.0. The molecule has 0 bridgehead atoms. The van der Waals surface area contributed by atoms with Gasteiger partial charge in [-0.25, -0.2) is 9.78 Å². The Morgan fingerprint density at radius 3 is 2.87 bits per heavy atom. The summed E-state index contributed by atoms with van der Waals surface area (Å²) in [4.78, 5) is 15.0. The van der Waals surface area contributed by atoms with Crippen LogP contribution in [0.3, 0.4) is 0 Å². The molecular weight excluding hydrogens is 262 g/mol. The van der Waals surface area contributed by atoms with Gasteiger partial charge in [-0.2, -0.15) is 0 Å². The molecule has 82 valence electrons. The maximum absolute atomic E-state index is 11.0. The second kappa shape index (κ2) is 5.11. The second-order valence-electron chi connectivity index (χ2n) is 3.08. The van der Waals surface area contributed by atoms with Crippen molar-refractivity contribution in [2.75, 3.05) is 6.61 Å². The number of nitrogens with zero attached hydrogens (tertiary/aromatic N) is 1. The van der Waals surface area contributed by atoms with E-state index in [0.717, 1.165) is 12.1 Å².